The highest BCUT2D eigenvalue weighted by Crippen LogP contribution is 2.16. The van der Waals surface area contributed by atoms with Crippen LogP contribution in [0.15, 0.2) is 36.8 Å². The van der Waals surface area contributed by atoms with Gasteiger partial charge in [0.1, 0.15) is 5.82 Å². The van der Waals surface area contributed by atoms with Gasteiger partial charge in [-0.1, -0.05) is 6.07 Å². The van der Waals surface area contributed by atoms with Gasteiger partial charge in [0.2, 0.25) is 0 Å². The summed E-state index contributed by atoms with van der Waals surface area (Å²) in [7, 11) is 0. The van der Waals surface area contributed by atoms with Crippen LogP contribution in [0.2, 0.25) is 0 Å². The molecule has 0 aromatic carbocycles. The summed E-state index contributed by atoms with van der Waals surface area (Å²) in [5, 5.41) is 8.60. The molecule has 0 aliphatic carbocycles. The lowest BCUT2D eigenvalue weighted by atomic mass is 10.1. The third kappa shape index (κ3) is 2.84. The van der Waals surface area contributed by atoms with E-state index in [0.717, 1.165) is 6.20 Å². The van der Waals surface area contributed by atoms with Crippen LogP contribution >= 0.6 is 0 Å². The molecule has 0 saturated heterocycles. The highest BCUT2D eigenvalue weighted by Gasteiger charge is 2.04. The van der Waals surface area contributed by atoms with E-state index in [0.29, 0.717) is 16.8 Å². The SMILES string of the molecule is O=C(O)Cc1ccc(-c2cncc(F)c2)nc1. The van der Waals surface area contributed by atoms with Crippen molar-refractivity contribution in [3.63, 3.8) is 0 Å². The minimum absolute atomic E-state index is 0.0747. The Bertz CT molecular complexity index is 540. The Kier molecular flexibility index (Phi) is 3.09. The first-order valence-electron chi connectivity index (χ1n) is 4.93. The largest absolute Gasteiger partial charge is 0.481 e. The summed E-state index contributed by atoms with van der Waals surface area (Å²) in [5.41, 5.74) is 1.73. The number of pyridine rings is 2. The molecule has 0 aliphatic rings. The maximum absolute atomic E-state index is 12.9. The molecule has 0 saturated carbocycles. The normalized spacial score (nSPS) is 10.2. The van der Waals surface area contributed by atoms with E-state index in [9.17, 15) is 9.18 Å². The van der Waals surface area contributed by atoms with Crippen molar-refractivity contribution in [3.05, 3.63) is 48.2 Å². The molecular formula is C12H9FN2O2. The fourth-order valence-corrected chi connectivity index (χ4v) is 1.43. The van der Waals surface area contributed by atoms with Crippen molar-refractivity contribution in [2.75, 3.05) is 0 Å². The highest BCUT2D eigenvalue weighted by atomic mass is 19.1. The van der Waals surface area contributed by atoms with E-state index in [1.165, 1.54) is 18.5 Å². The van der Waals surface area contributed by atoms with Crippen LogP contribution in [0.5, 0.6) is 0 Å². The summed E-state index contributed by atoms with van der Waals surface area (Å²) in [6, 6.07) is 4.63. The van der Waals surface area contributed by atoms with Crippen LogP contribution < -0.4 is 0 Å². The predicted molar refractivity (Wildman–Crippen MR) is 58.8 cm³/mol. The summed E-state index contributed by atoms with van der Waals surface area (Å²) in [4.78, 5) is 18.3. The minimum Gasteiger partial charge on any atom is -0.481 e. The molecule has 0 fully saturated rings. The van der Waals surface area contributed by atoms with Gasteiger partial charge in [-0.05, 0) is 17.7 Å². The fourth-order valence-electron chi connectivity index (χ4n) is 1.43. The molecule has 0 spiro atoms. The zero-order valence-electron chi connectivity index (χ0n) is 8.80. The number of hydrogen-bond donors (Lipinski definition) is 1. The van der Waals surface area contributed by atoms with Crippen molar-refractivity contribution in [1.29, 1.82) is 0 Å². The second-order valence-electron chi connectivity index (χ2n) is 3.51. The fraction of sp³-hybridized carbons (Fsp3) is 0.0833. The van der Waals surface area contributed by atoms with Gasteiger partial charge in [0, 0.05) is 18.0 Å². The van der Waals surface area contributed by atoms with Crippen molar-refractivity contribution in [2.45, 2.75) is 6.42 Å². The van der Waals surface area contributed by atoms with Crippen molar-refractivity contribution in [2.24, 2.45) is 0 Å². The van der Waals surface area contributed by atoms with Crippen molar-refractivity contribution in [3.8, 4) is 11.3 Å². The van der Waals surface area contributed by atoms with E-state index in [-0.39, 0.29) is 6.42 Å². The second kappa shape index (κ2) is 4.69. The number of aromatic nitrogens is 2. The van der Waals surface area contributed by atoms with Crippen LogP contribution in [-0.2, 0) is 11.2 Å². The average Bonchev–Trinajstić information content (AvgIpc) is 2.29. The molecule has 86 valence electrons. The number of hydrogen-bond acceptors (Lipinski definition) is 3. The molecule has 0 atom stereocenters. The smallest absolute Gasteiger partial charge is 0.307 e. The number of carboxylic acid groups (broad SMARTS) is 1. The third-order valence-corrected chi connectivity index (χ3v) is 2.18. The zero-order chi connectivity index (χ0) is 12.3. The molecule has 1 N–H and O–H groups in total. The van der Waals surface area contributed by atoms with Gasteiger partial charge in [-0.3, -0.25) is 14.8 Å². The molecule has 0 bridgehead atoms. The molecule has 2 aromatic rings. The van der Waals surface area contributed by atoms with Gasteiger partial charge in [0.15, 0.2) is 0 Å². The molecule has 2 rings (SSSR count). The van der Waals surface area contributed by atoms with Gasteiger partial charge in [0.25, 0.3) is 0 Å². The summed E-state index contributed by atoms with van der Waals surface area (Å²) < 4.78 is 12.9. The maximum Gasteiger partial charge on any atom is 0.307 e. The maximum atomic E-state index is 12.9. The average molecular weight is 232 g/mol. The third-order valence-electron chi connectivity index (χ3n) is 2.18. The minimum atomic E-state index is -0.910. The summed E-state index contributed by atoms with van der Waals surface area (Å²) >= 11 is 0. The quantitative estimate of drug-likeness (QED) is 0.877. The van der Waals surface area contributed by atoms with E-state index < -0.39 is 11.8 Å². The Labute approximate surface area is 96.8 Å². The van der Waals surface area contributed by atoms with E-state index >= 15 is 0 Å². The Morgan fingerprint density at radius 1 is 1.29 bits per heavy atom. The predicted octanol–water partition coefficient (Wildman–Crippen LogP) is 1.91. The Balaban J connectivity index is 2.26. The molecule has 0 aliphatic heterocycles. The van der Waals surface area contributed by atoms with E-state index in [4.69, 9.17) is 5.11 Å². The first-order valence-corrected chi connectivity index (χ1v) is 4.93. The van der Waals surface area contributed by atoms with E-state index in [1.807, 2.05) is 0 Å². The number of carboxylic acids is 1. The first-order chi connectivity index (χ1) is 8.15. The number of rotatable bonds is 3. The Morgan fingerprint density at radius 2 is 2.12 bits per heavy atom. The standard InChI is InChI=1S/C12H9FN2O2/c13-10-4-9(6-14-7-10)11-2-1-8(5-15-11)3-12(16)17/h1-2,4-7H,3H2,(H,16,17). The van der Waals surface area contributed by atoms with E-state index in [2.05, 4.69) is 9.97 Å². The number of halogens is 1. The van der Waals surface area contributed by atoms with Crippen molar-refractivity contribution < 1.29 is 14.3 Å². The van der Waals surface area contributed by atoms with Gasteiger partial charge in [0.05, 0.1) is 18.3 Å². The molecule has 0 unspecified atom stereocenters. The van der Waals surface area contributed by atoms with Crippen molar-refractivity contribution >= 4 is 5.97 Å². The molecule has 5 heteroatoms. The van der Waals surface area contributed by atoms with Crippen LogP contribution in [0.3, 0.4) is 0 Å². The lowest BCUT2D eigenvalue weighted by Gasteiger charge is -2.01. The Hall–Kier alpha value is -2.30. The van der Waals surface area contributed by atoms with Crippen LogP contribution in [0.25, 0.3) is 11.3 Å². The molecule has 0 amide bonds. The van der Waals surface area contributed by atoms with Crippen LogP contribution in [0, 0.1) is 5.82 Å². The summed E-state index contributed by atoms with van der Waals surface area (Å²) in [6.45, 7) is 0. The van der Waals surface area contributed by atoms with Gasteiger partial charge >= 0.3 is 5.97 Å². The Morgan fingerprint density at radius 3 is 2.71 bits per heavy atom. The molecule has 17 heavy (non-hydrogen) atoms. The van der Waals surface area contributed by atoms with E-state index in [1.54, 1.807) is 12.1 Å². The molecule has 0 radical (unpaired) electrons. The van der Waals surface area contributed by atoms with Crippen LogP contribution in [0.4, 0.5) is 4.39 Å². The lowest BCUT2D eigenvalue weighted by molar-refractivity contribution is -0.136. The summed E-state index contributed by atoms with van der Waals surface area (Å²) in [6.07, 6.45) is 4.01. The van der Waals surface area contributed by atoms with Crippen LogP contribution in [-0.4, -0.2) is 21.0 Å². The monoisotopic (exact) mass is 232 g/mol. The molecule has 4 nitrogen and oxygen atoms in total. The first kappa shape index (κ1) is 11.2. The van der Waals surface area contributed by atoms with Gasteiger partial charge in [-0.2, -0.15) is 0 Å². The molecular weight excluding hydrogens is 223 g/mol. The number of aliphatic carboxylic acids is 1. The summed E-state index contributed by atoms with van der Waals surface area (Å²) in [5.74, 6) is -1.34. The van der Waals surface area contributed by atoms with Gasteiger partial charge in [-0.25, -0.2) is 4.39 Å². The zero-order valence-corrected chi connectivity index (χ0v) is 8.80. The molecule has 2 aromatic heterocycles. The highest BCUT2D eigenvalue weighted by molar-refractivity contribution is 5.70. The number of nitrogens with zero attached hydrogens (tertiary/aromatic N) is 2. The van der Waals surface area contributed by atoms with Gasteiger partial charge < -0.3 is 5.11 Å². The number of carbonyl (C=O) groups is 1. The second-order valence-corrected chi connectivity index (χ2v) is 3.51. The lowest BCUT2D eigenvalue weighted by Crippen LogP contribution is -2.00. The van der Waals surface area contributed by atoms with Crippen LogP contribution in [0.1, 0.15) is 5.56 Å². The van der Waals surface area contributed by atoms with Gasteiger partial charge in [-0.15, -0.1) is 0 Å². The molecule has 2 heterocycles. The van der Waals surface area contributed by atoms with Crippen molar-refractivity contribution in [1.82, 2.24) is 9.97 Å². The topological polar surface area (TPSA) is 63.1 Å².